The minimum atomic E-state index is -0.204. The van der Waals surface area contributed by atoms with Crippen molar-refractivity contribution >= 4 is 6.08 Å². The predicted molar refractivity (Wildman–Crippen MR) is 63.5 cm³/mol. The lowest BCUT2D eigenvalue weighted by molar-refractivity contribution is 0.406. The lowest BCUT2D eigenvalue weighted by Gasteiger charge is -2.12. The first-order valence-electron chi connectivity index (χ1n) is 5.46. The maximum atomic E-state index is 10.3. The number of isocyanates is 1. The third kappa shape index (κ3) is 2.94. The summed E-state index contributed by atoms with van der Waals surface area (Å²) in [5.74, 6) is 0.770. The summed E-state index contributed by atoms with van der Waals surface area (Å²) in [6, 6.07) is 5.82. The second kappa shape index (κ2) is 6.09. The van der Waals surface area contributed by atoms with Crippen LogP contribution in [-0.4, -0.2) is 13.2 Å². The fraction of sp³-hybridized carbons (Fsp3) is 0.462. The number of hydrogen-bond acceptors (Lipinski definition) is 3. The number of nitrogens with zero attached hydrogens (tertiary/aromatic N) is 1. The van der Waals surface area contributed by atoms with Crippen molar-refractivity contribution in [3.05, 3.63) is 29.3 Å². The SMILES string of the molecule is CCCc1ccc(OC)c(C(C)N=C=O)c1. The second-order valence-electron chi connectivity index (χ2n) is 3.72. The third-order valence-corrected chi connectivity index (χ3v) is 2.53. The van der Waals surface area contributed by atoms with Gasteiger partial charge in [0.1, 0.15) is 5.75 Å². The zero-order chi connectivity index (χ0) is 12.0. The van der Waals surface area contributed by atoms with E-state index >= 15 is 0 Å². The summed E-state index contributed by atoms with van der Waals surface area (Å²) in [5, 5.41) is 0. The van der Waals surface area contributed by atoms with E-state index in [2.05, 4.69) is 11.9 Å². The average Bonchev–Trinajstić information content (AvgIpc) is 2.30. The summed E-state index contributed by atoms with van der Waals surface area (Å²) in [4.78, 5) is 14.0. The van der Waals surface area contributed by atoms with Gasteiger partial charge >= 0.3 is 0 Å². The molecule has 0 saturated heterocycles. The number of hydrogen-bond donors (Lipinski definition) is 0. The Morgan fingerprint density at radius 1 is 1.50 bits per heavy atom. The van der Waals surface area contributed by atoms with Crippen LogP contribution >= 0.6 is 0 Å². The van der Waals surface area contributed by atoms with Gasteiger partial charge in [0, 0.05) is 5.56 Å². The lowest BCUT2D eigenvalue weighted by atomic mass is 10.0. The molecule has 0 amide bonds. The highest BCUT2D eigenvalue weighted by molar-refractivity contribution is 5.42. The van der Waals surface area contributed by atoms with Crippen LogP contribution in [0.3, 0.4) is 0 Å². The van der Waals surface area contributed by atoms with E-state index in [1.54, 1.807) is 13.2 Å². The van der Waals surface area contributed by atoms with Crippen LogP contribution < -0.4 is 4.74 Å². The molecule has 16 heavy (non-hydrogen) atoms. The van der Waals surface area contributed by atoms with Gasteiger partial charge in [-0.05, 0) is 31.0 Å². The predicted octanol–water partition coefficient (Wildman–Crippen LogP) is 3.04. The summed E-state index contributed by atoms with van der Waals surface area (Å²) in [5.41, 5.74) is 2.18. The molecule has 0 radical (unpaired) electrons. The summed E-state index contributed by atoms with van der Waals surface area (Å²) >= 11 is 0. The maximum Gasteiger partial charge on any atom is 0.235 e. The third-order valence-electron chi connectivity index (χ3n) is 2.53. The molecule has 0 N–H and O–H groups in total. The van der Waals surface area contributed by atoms with E-state index in [0.717, 1.165) is 24.2 Å². The molecule has 1 aromatic rings. The van der Waals surface area contributed by atoms with Crippen molar-refractivity contribution in [3.63, 3.8) is 0 Å². The molecule has 3 heteroatoms. The van der Waals surface area contributed by atoms with Gasteiger partial charge in [0.2, 0.25) is 6.08 Å². The van der Waals surface area contributed by atoms with Crippen molar-refractivity contribution in [1.29, 1.82) is 0 Å². The topological polar surface area (TPSA) is 38.7 Å². The number of methoxy groups -OCH3 is 1. The molecule has 1 aromatic carbocycles. The number of rotatable bonds is 5. The Labute approximate surface area is 96.2 Å². The van der Waals surface area contributed by atoms with Gasteiger partial charge in [-0.2, -0.15) is 4.99 Å². The Morgan fingerprint density at radius 3 is 2.81 bits per heavy atom. The van der Waals surface area contributed by atoms with E-state index in [1.807, 2.05) is 25.1 Å². The largest absolute Gasteiger partial charge is 0.496 e. The fourth-order valence-electron chi connectivity index (χ4n) is 1.70. The Morgan fingerprint density at radius 2 is 2.25 bits per heavy atom. The monoisotopic (exact) mass is 219 g/mol. The van der Waals surface area contributed by atoms with Gasteiger partial charge in [0.15, 0.2) is 0 Å². The molecule has 86 valence electrons. The minimum Gasteiger partial charge on any atom is -0.496 e. The Hall–Kier alpha value is -1.60. The molecule has 0 heterocycles. The molecule has 0 aliphatic heterocycles. The maximum absolute atomic E-state index is 10.3. The molecule has 0 bridgehead atoms. The Kier molecular flexibility index (Phi) is 4.74. The molecule has 0 aromatic heterocycles. The van der Waals surface area contributed by atoms with Gasteiger partial charge in [-0.3, -0.25) is 0 Å². The van der Waals surface area contributed by atoms with Crippen LogP contribution in [0.4, 0.5) is 0 Å². The molecule has 0 saturated carbocycles. The summed E-state index contributed by atoms with van der Waals surface area (Å²) in [6.07, 6.45) is 3.70. The smallest absolute Gasteiger partial charge is 0.235 e. The standard InChI is InChI=1S/C13H17NO2/c1-4-5-11-6-7-13(16-3)12(8-11)10(2)14-9-15/h6-8,10H,4-5H2,1-3H3. The highest BCUT2D eigenvalue weighted by Crippen LogP contribution is 2.28. The fourth-order valence-corrected chi connectivity index (χ4v) is 1.70. The van der Waals surface area contributed by atoms with Crippen LogP contribution in [0.2, 0.25) is 0 Å². The van der Waals surface area contributed by atoms with Gasteiger partial charge in [0.05, 0.1) is 13.2 Å². The number of carbonyl (C=O) groups excluding carboxylic acids is 1. The molecule has 0 aliphatic carbocycles. The van der Waals surface area contributed by atoms with Crippen molar-refractivity contribution in [2.75, 3.05) is 7.11 Å². The van der Waals surface area contributed by atoms with Crippen molar-refractivity contribution in [3.8, 4) is 5.75 Å². The van der Waals surface area contributed by atoms with E-state index in [4.69, 9.17) is 4.74 Å². The first-order chi connectivity index (χ1) is 7.72. The quantitative estimate of drug-likeness (QED) is 0.564. The van der Waals surface area contributed by atoms with Crippen LogP contribution in [0.15, 0.2) is 23.2 Å². The first kappa shape index (κ1) is 12.5. The molecule has 0 spiro atoms. The normalized spacial score (nSPS) is 11.7. The summed E-state index contributed by atoms with van der Waals surface area (Å²) < 4.78 is 5.26. The Balaban J connectivity index is 3.10. The molecule has 0 fully saturated rings. The number of benzene rings is 1. The van der Waals surface area contributed by atoms with Crippen LogP contribution in [0.5, 0.6) is 5.75 Å². The summed E-state index contributed by atoms with van der Waals surface area (Å²) in [6.45, 7) is 4.00. The zero-order valence-corrected chi connectivity index (χ0v) is 9.99. The molecular weight excluding hydrogens is 202 g/mol. The molecule has 3 nitrogen and oxygen atoms in total. The zero-order valence-electron chi connectivity index (χ0n) is 9.99. The first-order valence-corrected chi connectivity index (χ1v) is 5.46. The van der Waals surface area contributed by atoms with Gasteiger partial charge in [0.25, 0.3) is 0 Å². The highest BCUT2D eigenvalue weighted by atomic mass is 16.5. The van der Waals surface area contributed by atoms with Crippen LogP contribution in [0.1, 0.15) is 37.4 Å². The Bertz CT molecular complexity index is 395. The van der Waals surface area contributed by atoms with Gasteiger partial charge in [-0.25, -0.2) is 4.79 Å². The lowest BCUT2D eigenvalue weighted by Crippen LogP contribution is -1.97. The van der Waals surface area contributed by atoms with E-state index < -0.39 is 0 Å². The van der Waals surface area contributed by atoms with Crippen LogP contribution in [-0.2, 0) is 11.2 Å². The van der Waals surface area contributed by atoms with Crippen molar-refractivity contribution in [2.24, 2.45) is 4.99 Å². The second-order valence-corrected chi connectivity index (χ2v) is 3.72. The molecular formula is C13H17NO2. The van der Waals surface area contributed by atoms with Crippen molar-refractivity contribution in [1.82, 2.24) is 0 Å². The van der Waals surface area contributed by atoms with Crippen molar-refractivity contribution < 1.29 is 9.53 Å². The summed E-state index contributed by atoms with van der Waals surface area (Å²) in [7, 11) is 1.62. The molecule has 1 rings (SSSR count). The van der Waals surface area contributed by atoms with E-state index in [9.17, 15) is 4.79 Å². The molecule has 0 aliphatic rings. The number of aryl methyl sites for hydroxylation is 1. The van der Waals surface area contributed by atoms with E-state index in [-0.39, 0.29) is 6.04 Å². The molecule has 1 unspecified atom stereocenters. The van der Waals surface area contributed by atoms with Gasteiger partial charge < -0.3 is 4.74 Å². The van der Waals surface area contributed by atoms with Crippen LogP contribution in [0.25, 0.3) is 0 Å². The van der Waals surface area contributed by atoms with E-state index in [0.29, 0.717) is 0 Å². The van der Waals surface area contributed by atoms with Gasteiger partial charge in [-0.15, -0.1) is 0 Å². The minimum absolute atomic E-state index is 0.204. The number of aliphatic imine (C=N–C) groups is 1. The van der Waals surface area contributed by atoms with Gasteiger partial charge in [-0.1, -0.05) is 19.4 Å². The average molecular weight is 219 g/mol. The number of ether oxygens (including phenoxy) is 1. The molecule has 1 atom stereocenters. The highest BCUT2D eigenvalue weighted by Gasteiger charge is 2.11. The van der Waals surface area contributed by atoms with Crippen molar-refractivity contribution in [2.45, 2.75) is 32.7 Å². The van der Waals surface area contributed by atoms with E-state index in [1.165, 1.54) is 5.56 Å². The van der Waals surface area contributed by atoms with Crippen LogP contribution in [0, 0.1) is 0 Å².